The molecule has 1 saturated carbocycles. The molecule has 0 amide bonds. The van der Waals surface area contributed by atoms with Crippen LogP contribution in [0, 0.1) is 0 Å². The van der Waals surface area contributed by atoms with Crippen LogP contribution in [0.1, 0.15) is 25.7 Å². The Balaban J connectivity index is 1.88. The zero-order valence-electron chi connectivity index (χ0n) is 8.17. The minimum absolute atomic E-state index is 0.428. The second-order valence-corrected chi connectivity index (χ2v) is 3.95. The molecule has 1 N–H and O–H groups in total. The number of anilines is 1. The number of hydrogen-bond acceptors (Lipinski definition) is 2. The maximum Gasteiger partial charge on any atom is 0.128 e. The quantitative estimate of drug-likeness (QED) is 0.800. The third-order valence-electron chi connectivity index (χ3n) is 2.79. The number of aromatic nitrogens is 1. The first-order valence-electron chi connectivity index (χ1n) is 5.11. The van der Waals surface area contributed by atoms with Crippen molar-refractivity contribution in [2.45, 2.75) is 31.4 Å². The molecule has 2 rings (SSSR count). The Hall–Kier alpha value is -1.12. The largest absolute Gasteiger partial charge is 0.382 e. The van der Waals surface area contributed by atoms with E-state index in [-0.39, 0.29) is 0 Å². The molecule has 0 spiro atoms. The summed E-state index contributed by atoms with van der Waals surface area (Å²) in [7, 11) is 0. The van der Waals surface area contributed by atoms with Gasteiger partial charge in [0.05, 0.1) is 0 Å². The highest BCUT2D eigenvalue weighted by Gasteiger charge is 2.33. The molecule has 76 valence electrons. The van der Waals surface area contributed by atoms with Gasteiger partial charge in [-0.15, -0.1) is 0 Å². The van der Waals surface area contributed by atoms with Gasteiger partial charge >= 0.3 is 0 Å². The first-order chi connectivity index (χ1) is 6.79. The summed E-state index contributed by atoms with van der Waals surface area (Å²) in [6, 6.07) is 3.72. The van der Waals surface area contributed by atoms with Crippen LogP contribution in [0.3, 0.4) is 0 Å². The van der Waals surface area contributed by atoms with Crippen molar-refractivity contribution in [1.82, 2.24) is 4.98 Å². The number of pyridine rings is 1. The topological polar surface area (TPSA) is 24.9 Å². The maximum atomic E-state index is 13.9. The summed E-state index contributed by atoms with van der Waals surface area (Å²) in [6.07, 6.45) is 6.86. The van der Waals surface area contributed by atoms with E-state index in [9.17, 15) is 4.39 Å². The number of nitrogens with one attached hydrogen (secondary N) is 1. The second-order valence-electron chi connectivity index (χ2n) is 3.95. The molecular formula is C11H15FN2. The molecule has 0 aliphatic heterocycles. The van der Waals surface area contributed by atoms with Crippen molar-refractivity contribution in [3.05, 3.63) is 24.5 Å². The van der Waals surface area contributed by atoms with E-state index in [1.807, 2.05) is 12.1 Å². The van der Waals surface area contributed by atoms with Gasteiger partial charge in [0, 0.05) is 24.6 Å². The molecule has 1 fully saturated rings. The molecule has 0 radical (unpaired) electrons. The van der Waals surface area contributed by atoms with Crippen LogP contribution in [0.5, 0.6) is 0 Å². The Labute approximate surface area is 83.6 Å². The molecule has 0 unspecified atom stereocenters. The Kier molecular flexibility index (Phi) is 2.66. The van der Waals surface area contributed by atoms with Crippen molar-refractivity contribution in [3.63, 3.8) is 0 Å². The predicted octanol–water partition coefficient (Wildman–Crippen LogP) is 2.78. The average Bonchev–Trinajstić information content (AvgIpc) is 2.65. The number of halogens is 1. The van der Waals surface area contributed by atoms with Gasteiger partial charge in [0.15, 0.2) is 0 Å². The molecule has 14 heavy (non-hydrogen) atoms. The Morgan fingerprint density at radius 3 is 2.57 bits per heavy atom. The standard InChI is InChI=1S/C11H15FN2/c12-11(5-1-2-6-11)9-14-10-3-7-13-8-4-10/h3-4,7-8H,1-2,5-6,9H2,(H,13,14). The van der Waals surface area contributed by atoms with Gasteiger partial charge in [0.2, 0.25) is 0 Å². The van der Waals surface area contributed by atoms with Crippen molar-refractivity contribution in [2.75, 3.05) is 11.9 Å². The van der Waals surface area contributed by atoms with Crippen molar-refractivity contribution in [1.29, 1.82) is 0 Å². The molecule has 0 aromatic carbocycles. The lowest BCUT2D eigenvalue weighted by atomic mass is 10.1. The molecule has 1 heterocycles. The molecule has 1 aliphatic carbocycles. The van der Waals surface area contributed by atoms with Crippen LogP contribution in [0.25, 0.3) is 0 Å². The number of rotatable bonds is 3. The fourth-order valence-electron chi connectivity index (χ4n) is 1.92. The zero-order chi connectivity index (χ0) is 9.86. The summed E-state index contributed by atoms with van der Waals surface area (Å²) < 4.78 is 13.9. The van der Waals surface area contributed by atoms with E-state index in [1.54, 1.807) is 12.4 Å². The van der Waals surface area contributed by atoms with E-state index in [1.165, 1.54) is 0 Å². The van der Waals surface area contributed by atoms with Gasteiger partial charge in [-0.2, -0.15) is 0 Å². The first-order valence-corrected chi connectivity index (χ1v) is 5.11. The van der Waals surface area contributed by atoms with Gasteiger partial charge in [0.25, 0.3) is 0 Å². The molecule has 1 aromatic heterocycles. The Bertz CT molecular complexity index is 281. The molecule has 0 saturated heterocycles. The lowest BCUT2D eigenvalue weighted by molar-refractivity contribution is 0.190. The lowest BCUT2D eigenvalue weighted by Crippen LogP contribution is -2.28. The highest BCUT2D eigenvalue weighted by Crippen LogP contribution is 2.33. The number of alkyl halides is 1. The van der Waals surface area contributed by atoms with Crippen molar-refractivity contribution >= 4 is 5.69 Å². The smallest absolute Gasteiger partial charge is 0.128 e. The van der Waals surface area contributed by atoms with Crippen LogP contribution >= 0.6 is 0 Å². The van der Waals surface area contributed by atoms with E-state index in [0.717, 1.165) is 18.5 Å². The molecule has 3 heteroatoms. The molecular weight excluding hydrogens is 179 g/mol. The third-order valence-corrected chi connectivity index (χ3v) is 2.79. The minimum Gasteiger partial charge on any atom is -0.382 e. The van der Waals surface area contributed by atoms with Gasteiger partial charge in [0.1, 0.15) is 5.67 Å². The van der Waals surface area contributed by atoms with Crippen LogP contribution < -0.4 is 5.32 Å². The van der Waals surface area contributed by atoms with Crippen LogP contribution in [0.4, 0.5) is 10.1 Å². The molecule has 1 aliphatic rings. The summed E-state index contributed by atoms with van der Waals surface area (Å²) in [6.45, 7) is 0.428. The summed E-state index contributed by atoms with van der Waals surface area (Å²) in [5.41, 5.74) is -0.0348. The summed E-state index contributed by atoms with van der Waals surface area (Å²) in [5, 5.41) is 3.11. The average molecular weight is 194 g/mol. The van der Waals surface area contributed by atoms with Gasteiger partial charge < -0.3 is 5.32 Å². The Morgan fingerprint density at radius 1 is 1.29 bits per heavy atom. The van der Waals surface area contributed by atoms with Gasteiger partial charge in [-0.3, -0.25) is 4.98 Å². The molecule has 0 atom stereocenters. The van der Waals surface area contributed by atoms with E-state index >= 15 is 0 Å². The molecule has 1 aromatic rings. The summed E-state index contributed by atoms with van der Waals surface area (Å²) >= 11 is 0. The lowest BCUT2D eigenvalue weighted by Gasteiger charge is -2.19. The molecule has 2 nitrogen and oxygen atoms in total. The second kappa shape index (κ2) is 3.95. The van der Waals surface area contributed by atoms with Gasteiger partial charge in [-0.05, 0) is 25.0 Å². The SMILES string of the molecule is FC1(CNc2ccncc2)CCCC1. The maximum absolute atomic E-state index is 13.9. The highest BCUT2D eigenvalue weighted by atomic mass is 19.1. The minimum atomic E-state index is -0.983. The van der Waals surface area contributed by atoms with E-state index in [4.69, 9.17) is 0 Å². The third kappa shape index (κ3) is 2.22. The number of hydrogen-bond donors (Lipinski definition) is 1. The fourth-order valence-corrected chi connectivity index (χ4v) is 1.92. The predicted molar refractivity (Wildman–Crippen MR) is 55.0 cm³/mol. The fraction of sp³-hybridized carbons (Fsp3) is 0.545. The van der Waals surface area contributed by atoms with Crippen molar-refractivity contribution < 1.29 is 4.39 Å². The summed E-state index contributed by atoms with van der Waals surface area (Å²) in [5.74, 6) is 0. The summed E-state index contributed by atoms with van der Waals surface area (Å²) in [4.78, 5) is 3.91. The van der Waals surface area contributed by atoms with Crippen molar-refractivity contribution in [2.24, 2.45) is 0 Å². The number of nitrogens with zero attached hydrogens (tertiary/aromatic N) is 1. The van der Waals surface area contributed by atoms with Crippen LogP contribution in [-0.4, -0.2) is 17.2 Å². The normalized spacial score (nSPS) is 19.5. The van der Waals surface area contributed by atoms with E-state index in [2.05, 4.69) is 10.3 Å². The highest BCUT2D eigenvalue weighted by molar-refractivity contribution is 5.41. The monoisotopic (exact) mass is 194 g/mol. The molecule has 0 bridgehead atoms. The van der Waals surface area contributed by atoms with Crippen LogP contribution in [0.15, 0.2) is 24.5 Å². The van der Waals surface area contributed by atoms with Gasteiger partial charge in [-0.1, -0.05) is 12.8 Å². The zero-order valence-corrected chi connectivity index (χ0v) is 8.17. The van der Waals surface area contributed by atoms with Crippen molar-refractivity contribution in [3.8, 4) is 0 Å². The van der Waals surface area contributed by atoms with Crippen LogP contribution in [-0.2, 0) is 0 Å². The Morgan fingerprint density at radius 2 is 1.93 bits per heavy atom. The van der Waals surface area contributed by atoms with E-state index in [0.29, 0.717) is 19.4 Å². The van der Waals surface area contributed by atoms with Crippen LogP contribution in [0.2, 0.25) is 0 Å². The van der Waals surface area contributed by atoms with Gasteiger partial charge in [-0.25, -0.2) is 4.39 Å². The van der Waals surface area contributed by atoms with E-state index < -0.39 is 5.67 Å². The first kappa shape index (κ1) is 9.44.